The maximum atomic E-state index is 12.3. The highest BCUT2D eigenvalue weighted by molar-refractivity contribution is 6.02. The van der Waals surface area contributed by atoms with Gasteiger partial charge in [0.15, 0.2) is 0 Å². The third kappa shape index (κ3) is 4.33. The van der Waals surface area contributed by atoms with Crippen molar-refractivity contribution in [1.82, 2.24) is 15.6 Å². The van der Waals surface area contributed by atoms with E-state index in [2.05, 4.69) is 20.7 Å². The van der Waals surface area contributed by atoms with Crippen LogP contribution in [0, 0.1) is 0 Å². The largest absolute Gasteiger partial charge is 0.507 e. The van der Waals surface area contributed by atoms with Gasteiger partial charge in [0.1, 0.15) is 17.2 Å². The Balaban J connectivity index is 1.69. The molecule has 7 heteroatoms. The summed E-state index contributed by atoms with van der Waals surface area (Å²) in [6.45, 7) is 4.23. The first-order valence-electron chi connectivity index (χ1n) is 8.50. The number of ether oxygens (including phenoxy) is 1. The predicted octanol–water partition coefficient (Wildman–Crippen LogP) is 3.34. The summed E-state index contributed by atoms with van der Waals surface area (Å²) >= 11 is 0. The highest BCUT2D eigenvalue weighted by Crippen LogP contribution is 2.21. The fraction of sp³-hybridized carbons (Fsp3) is 0.150. The topological polar surface area (TPSA) is 99.6 Å². The molecule has 138 valence electrons. The molecule has 0 fully saturated rings. The molecule has 0 atom stereocenters. The van der Waals surface area contributed by atoms with Crippen LogP contribution < -0.4 is 10.2 Å². The molecular weight excluding hydrogens is 344 g/mol. The average molecular weight is 364 g/mol. The van der Waals surface area contributed by atoms with Crippen LogP contribution in [0.3, 0.4) is 0 Å². The Morgan fingerprint density at radius 2 is 1.96 bits per heavy atom. The molecule has 2 aromatic carbocycles. The molecule has 0 aliphatic rings. The minimum Gasteiger partial charge on any atom is -0.507 e. The summed E-state index contributed by atoms with van der Waals surface area (Å²) in [5, 5.41) is 20.7. The van der Waals surface area contributed by atoms with Crippen LogP contribution in [0.25, 0.3) is 11.3 Å². The lowest BCUT2D eigenvalue weighted by molar-refractivity contribution is 0.0950. The molecule has 0 saturated carbocycles. The van der Waals surface area contributed by atoms with Crippen molar-refractivity contribution in [2.45, 2.75) is 13.8 Å². The number of carbonyl (C=O) groups excluding carboxylic acids is 1. The fourth-order valence-corrected chi connectivity index (χ4v) is 2.51. The van der Waals surface area contributed by atoms with Gasteiger partial charge in [-0.15, -0.1) is 0 Å². The molecule has 7 nitrogen and oxygen atoms in total. The SMILES string of the molecule is CCOc1ccc(-c2cc(C(=O)N/N=C(/C)c3ccccc3O)[nH]n2)cc1. The smallest absolute Gasteiger partial charge is 0.289 e. The van der Waals surface area contributed by atoms with E-state index in [4.69, 9.17) is 4.74 Å². The van der Waals surface area contributed by atoms with Gasteiger partial charge in [0.05, 0.1) is 18.0 Å². The van der Waals surface area contributed by atoms with Gasteiger partial charge in [0.25, 0.3) is 5.91 Å². The van der Waals surface area contributed by atoms with Gasteiger partial charge in [-0.1, -0.05) is 12.1 Å². The zero-order valence-corrected chi connectivity index (χ0v) is 15.1. The molecule has 0 saturated heterocycles. The van der Waals surface area contributed by atoms with E-state index < -0.39 is 5.91 Å². The van der Waals surface area contributed by atoms with Gasteiger partial charge < -0.3 is 9.84 Å². The number of nitrogens with one attached hydrogen (secondary N) is 2. The van der Waals surface area contributed by atoms with Crippen molar-refractivity contribution in [3.05, 3.63) is 65.9 Å². The highest BCUT2D eigenvalue weighted by atomic mass is 16.5. The standard InChI is InChI=1S/C20H20N4O3/c1-3-27-15-10-8-14(9-11-15)17-12-18(23-22-17)20(26)24-21-13(2)16-6-4-5-7-19(16)25/h4-12,25H,3H2,1-2H3,(H,22,23)(H,24,26)/b21-13-. The Morgan fingerprint density at radius 3 is 2.67 bits per heavy atom. The monoisotopic (exact) mass is 364 g/mol. The second-order valence-electron chi connectivity index (χ2n) is 5.78. The number of aromatic hydroxyl groups is 1. The quantitative estimate of drug-likeness (QED) is 0.461. The maximum absolute atomic E-state index is 12.3. The van der Waals surface area contributed by atoms with E-state index in [0.717, 1.165) is 11.3 Å². The Hall–Kier alpha value is -3.61. The number of hydrogen-bond donors (Lipinski definition) is 3. The number of para-hydroxylation sites is 1. The van der Waals surface area contributed by atoms with Crippen molar-refractivity contribution in [2.75, 3.05) is 6.61 Å². The summed E-state index contributed by atoms with van der Waals surface area (Å²) < 4.78 is 5.41. The molecule has 3 aromatic rings. The number of aromatic amines is 1. The number of phenols is 1. The van der Waals surface area contributed by atoms with Gasteiger partial charge in [-0.3, -0.25) is 9.89 Å². The number of carbonyl (C=O) groups is 1. The minimum atomic E-state index is -0.422. The van der Waals surface area contributed by atoms with E-state index in [1.807, 2.05) is 31.2 Å². The Bertz CT molecular complexity index is 961. The third-order valence-electron chi connectivity index (χ3n) is 3.90. The van der Waals surface area contributed by atoms with Crippen LogP contribution in [0.1, 0.15) is 29.9 Å². The molecule has 3 rings (SSSR count). The van der Waals surface area contributed by atoms with Crippen molar-refractivity contribution in [3.63, 3.8) is 0 Å². The molecule has 1 amide bonds. The maximum Gasteiger partial charge on any atom is 0.289 e. The van der Waals surface area contributed by atoms with E-state index in [1.165, 1.54) is 0 Å². The number of hydrogen-bond acceptors (Lipinski definition) is 5. The molecule has 0 radical (unpaired) electrons. The number of hydrazone groups is 1. The average Bonchev–Trinajstić information content (AvgIpc) is 3.17. The zero-order valence-electron chi connectivity index (χ0n) is 15.1. The molecule has 0 aliphatic heterocycles. The van der Waals surface area contributed by atoms with Gasteiger partial charge in [-0.25, -0.2) is 5.43 Å². The van der Waals surface area contributed by atoms with Crippen molar-refractivity contribution in [3.8, 4) is 22.8 Å². The molecule has 27 heavy (non-hydrogen) atoms. The van der Waals surface area contributed by atoms with E-state index in [-0.39, 0.29) is 11.4 Å². The molecule has 1 aromatic heterocycles. The molecule has 0 bridgehead atoms. The van der Waals surface area contributed by atoms with Crippen LogP contribution in [0.4, 0.5) is 0 Å². The predicted molar refractivity (Wildman–Crippen MR) is 103 cm³/mol. The van der Waals surface area contributed by atoms with Crippen molar-refractivity contribution in [2.24, 2.45) is 5.10 Å². The van der Waals surface area contributed by atoms with Crippen LogP contribution in [-0.4, -0.2) is 33.5 Å². The normalized spacial score (nSPS) is 11.3. The molecule has 1 heterocycles. The summed E-state index contributed by atoms with van der Waals surface area (Å²) in [4.78, 5) is 12.3. The second kappa shape index (κ2) is 8.18. The lowest BCUT2D eigenvalue weighted by Crippen LogP contribution is -2.19. The molecule has 0 spiro atoms. The molecule has 3 N–H and O–H groups in total. The zero-order chi connectivity index (χ0) is 19.2. The van der Waals surface area contributed by atoms with E-state index in [9.17, 15) is 9.90 Å². The number of nitrogens with zero attached hydrogens (tertiary/aromatic N) is 2. The van der Waals surface area contributed by atoms with E-state index in [1.54, 1.807) is 37.3 Å². The minimum absolute atomic E-state index is 0.104. The van der Waals surface area contributed by atoms with Crippen LogP contribution in [-0.2, 0) is 0 Å². The summed E-state index contributed by atoms with van der Waals surface area (Å²) in [6, 6.07) is 15.9. The second-order valence-corrected chi connectivity index (χ2v) is 5.78. The number of aromatic nitrogens is 2. The molecule has 0 unspecified atom stereocenters. The molecular formula is C20H20N4O3. The number of phenolic OH excluding ortho intramolecular Hbond substituents is 1. The van der Waals surface area contributed by atoms with Gasteiger partial charge in [0.2, 0.25) is 0 Å². The first-order valence-corrected chi connectivity index (χ1v) is 8.50. The lowest BCUT2D eigenvalue weighted by Gasteiger charge is -2.04. The van der Waals surface area contributed by atoms with Crippen LogP contribution in [0.2, 0.25) is 0 Å². The van der Waals surface area contributed by atoms with Gasteiger partial charge in [-0.05, 0) is 56.3 Å². The lowest BCUT2D eigenvalue weighted by atomic mass is 10.1. The first-order chi connectivity index (χ1) is 13.1. The Kier molecular flexibility index (Phi) is 5.51. The van der Waals surface area contributed by atoms with E-state index >= 15 is 0 Å². The van der Waals surface area contributed by atoms with Gasteiger partial charge in [0, 0.05) is 11.1 Å². The van der Waals surface area contributed by atoms with Gasteiger partial charge >= 0.3 is 0 Å². The summed E-state index contributed by atoms with van der Waals surface area (Å²) in [7, 11) is 0. The van der Waals surface area contributed by atoms with Gasteiger partial charge in [-0.2, -0.15) is 10.2 Å². The van der Waals surface area contributed by atoms with E-state index in [0.29, 0.717) is 23.6 Å². The van der Waals surface area contributed by atoms with Crippen LogP contribution in [0.5, 0.6) is 11.5 Å². The van der Waals surface area contributed by atoms with Crippen molar-refractivity contribution < 1.29 is 14.6 Å². The van der Waals surface area contributed by atoms with Crippen LogP contribution in [0.15, 0.2) is 59.7 Å². The van der Waals surface area contributed by atoms with Crippen molar-refractivity contribution >= 4 is 11.6 Å². The van der Waals surface area contributed by atoms with Crippen molar-refractivity contribution in [1.29, 1.82) is 0 Å². The highest BCUT2D eigenvalue weighted by Gasteiger charge is 2.11. The third-order valence-corrected chi connectivity index (χ3v) is 3.90. The summed E-state index contributed by atoms with van der Waals surface area (Å²) in [5.41, 5.74) is 5.30. The number of rotatable bonds is 6. The summed E-state index contributed by atoms with van der Waals surface area (Å²) in [6.07, 6.45) is 0. The fourth-order valence-electron chi connectivity index (χ4n) is 2.51. The number of amides is 1. The number of H-pyrrole nitrogens is 1. The number of benzene rings is 2. The Morgan fingerprint density at radius 1 is 1.22 bits per heavy atom. The molecule has 0 aliphatic carbocycles. The summed E-state index contributed by atoms with van der Waals surface area (Å²) in [5.74, 6) is 0.463. The first kappa shape index (κ1) is 18.2. The van der Waals surface area contributed by atoms with Crippen LogP contribution >= 0.6 is 0 Å². The Labute approximate surface area is 156 Å².